The first-order valence-corrected chi connectivity index (χ1v) is 7.75. The first-order valence-electron chi connectivity index (χ1n) is 7.75. The number of rotatable bonds is 1. The number of nitro benzene ring substituents is 1. The van der Waals surface area contributed by atoms with Crippen LogP contribution in [0.3, 0.4) is 0 Å². The van der Waals surface area contributed by atoms with E-state index in [0.29, 0.717) is 11.3 Å². The van der Waals surface area contributed by atoms with Crippen molar-refractivity contribution in [1.82, 2.24) is 0 Å². The molecule has 2 aromatic rings. The topological polar surface area (TPSA) is 64.7 Å². The van der Waals surface area contributed by atoms with Crippen molar-refractivity contribution in [1.29, 1.82) is 0 Å². The number of fused-ring (bicyclic) bond motifs is 2. The Morgan fingerprint density at radius 3 is 2.71 bits per heavy atom. The number of benzene rings is 2. The van der Waals surface area contributed by atoms with Crippen molar-refractivity contribution in [3.63, 3.8) is 0 Å². The number of nitro groups is 1. The molecule has 1 spiro atoms. The van der Waals surface area contributed by atoms with Gasteiger partial charge < -0.3 is 4.74 Å². The molecule has 0 radical (unpaired) electrons. The van der Waals surface area contributed by atoms with E-state index < -0.39 is 10.6 Å². The molecule has 0 aliphatic carbocycles. The summed E-state index contributed by atoms with van der Waals surface area (Å²) in [6.07, 6.45) is 3.73. The van der Waals surface area contributed by atoms with E-state index in [4.69, 9.17) is 9.73 Å². The van der Waals surface area contributed by atoms with Crippen molar-refractivity contribution in [2.75, 3.05) is 0 Å². The van der Waals surface area contributed by atoms with E-state index in [9.17, 15) is 10.1 Å². The van der Waals surface area contributed by atoms with Gasteiger partial charge in [-0.25, -0.2) is 4.99 Å². The van der Waals surface area contributed by atoms with Gasteiger partial charge in [0.05, 0.1) is 10.3 Å². The molecule has 2 aromatic carbocycles. The number of nitrogens with zero attached hydrogens (tertiary/aromatic N) is 2. The Hall–Kier alpha value is -2.95. The first kappa shape index (κ1) is 14.6. The lowest BCUT2D eigenvalue weighted by atomic mass is 9.97. The molecule has 24 heavy (non-hydrogen) atoms. The van der Waals surface area contributed by atoms with Crippen LogP contribution < -0.4 is 15.3 Å². The lowest BCUT2D eigenvalue weighted by Gasteiger charge is -2.30. The highest BCUT2D eigenvalue weighted by Gasteiger charge is 2.38. The third-order valence-corrected chi connectivity index (χ3v) is 4.87. The van der Waals surface area contributed by atoms with Gasteiger partial charge in [0.25, 0.3) is 5.69 Å². The molecule has 2 aliphatic heterocycles. The number of hydrogen-bond donors (Lipinski definition) is 0. The van der Waals surface area contributed by atoms with Crippen LogP contribution in [-0.4, -0.2) is 10.6 Å². The molecule has 4 rings (SSSR count). The molecule has 2 aliphatic rings. The SMILES string of the molecule is CC1=c2c(C)c(C)ccc2=NC12C=Cc1cc([N+](=O)[O-])ccc1O2. The monoisotopic (exact) mass is 320 g/mol. The summed E-state index contributed by atoms with van der Waals surface area (Å²) in [7, 11) is 0. The third-order valence-electron chi connectivity index (χ3n) is 4.87. The van der Waals surface area contributed by atoms with Gasteiger partial charge in [-0.15, -0.1) is 0 Å². The van der Waals surface area contributed by atoms with E-state index in [-0.39, 0.29) is 5.69 Å². The Kier molecular flexibility index (Phi) is 2.91. The quantitative estimate of drug-likeness (QED) is 0.599. The lowest BCUT2D eigenvalue weighted by molar-refractivity contribution is -0.384. The van der Waals surface area contributed by atoms with Crippen molar-refractivity contribution in [2.24, 2.45) is 4.99 Å². The summed E-state index contributed by atoms with van der Waals surface area (Å²) in [5, 5.41) is 13.0. The maximum absolute atomic E-state index is 10.9. The molecular weight excluding hydrogens is 304 g/mol. The molecule has 1 unspecified atom stereocenters. The fourth-order valence-corrected chi connectivity index (χ4v) is 3.35. The van der Waals surface area contributed by atoms with E-state index in [0.717, 1.165) is 16.1 Å². The van der Waals surface area contributed by atoms with Crippen LogP contribution in [0.15, 0.2) is 41.4 Å². The van der Waals surface area contributed by atoms with Gasteiger partial charge in [-0.1, -0.05) is 6.07 Å². The fraction of sp³-hybridized carbons (Fsp3) is 0.211. The Balaban J connectivity index is 1.88. The van der Waals surface area contributed by atoms with E-state index >= 15 is 0 Å². The fourth-order valence-electron chi connectivity index (χ4n) is 3.35. The van der Waals surface area contributed by atoms with Crippen molar-refractivity contribution in [2.45, 2.75) is 26.5 Å². The van der Waals surface area contributed by atoms with Crippen LogP contribution in [0, 0.1) is 24.0 Å². The predicted molar refractivity (Wildman–Crippen MR) is 91.3 cm³/mol. The first-order chi connectivity index (χ1) is 11.4. The Bertz CT molecular complexity index is 1050. The van der Waals surface area contributed by atoms with Crippen LogP contribution in [0.5, 0.6) is 5.75 Å². The normalized spacial score (nSPS) is 20.4. The maximum atomic E-state index is 10.9. The summed E-state index contributed by atoms with van der Waals surface area (Å²) < 4.78 is 6.19. The molecule has 5 heteroatoms. The Labute approximate surface area is 138 Å². The van der Waals surface area contributed by atoms with Gasteiger partial charge in [-0.3, -0.25) is 10.1 Å². The van der Waals surface area contributed by atoms with Crippen LogP contribution in [0.4, 0.5) is 5.69 Å². The molecule has 0 N–H and O–H groups in total. The zero-order valence-electron chi connectivity index (χ0n) is 13.7. The molecule has 2 heterocycles. The molecule has 0 amide bonds. The van der Waals surface area contributed by atoms with Crippen LogP contribution in [0.2, 0.25) is 0 Å². The van der Waals surface area contributed by atoms with E-state index in [1.165, 1.54) is 23.3 Å². The highest BCUT2D eigenvalue weighted by Crippen LogP contribution is 2.38. The average Bonchev–Trinajstić information content (AvgIpc) is 2.83. The van der Waals surface area contributed by atoms with Crippen LogP contribution >= 0.6 is 0 Å². The summed E-state index contributed by atoms with van der Waals surface area (Å²) in [4.78, 5) is 15.3. The molecule has 120 valence electrons. The second kappa shape index (κ2) is 4.77. The largest absolute Gasteiger partial charge is 0.458 e. The zero-order chi connectivity index (χ0) is 17.1. The minimum absolute atomic E-state index is 0.0526. The average molecular weight is 320 g/mol. The van der Waals surface area contributed by atoms with Gasteiger partial charge in [0.15, 0.2) is 0 Å². The molecule has 0 bridgehead atoms. The number of non-ortho nitro benzene ring substituents is 1. The van der Waals surface area contributed by atoms with E-state index in [2.05, 4.69) is 19.9 Å². The zero-order valence-corrected chi connectivity index (χ0v) is 13.7. The van der Waals surface area contributed by atoms with Gasteiger partial charge in [0, 0.05) is 28.5 Å². The minimum Gasteiger partial charge on any atom is -0.458 e. The molecule has 1 atom stereocenters. The van der Waals surface area contributed by atoms with Crippen LogP contribution in [0.25, 0.3) is 11.6 Å². The summed E-state index contributed by atoms with van der Waals surface area (Å²) in [6.45, 7) is 6.21. The molecule has 0 aromatic heterocycles. The van der Waals surface area contributed by atoms with Crippen molar-refractivity contribution in [3.05, 3.63) is 73.8 Å². The Morgan fingerprint density at radius 1 is 1.17 bits per heavy atom. The molecular formula is C19H16N2O3. The molecule has 0 fully saturated rings. The lowest BCUT2D eigenvalue weighted by Crippen LogP contribution is -2.34. The highest BCUT2D eigenvalue weighted by atomic mass is 16.6. The number of aryl methyl sites for hydroxylation is 1. The van der Waals surface area contributed by atoms with Crippen molar-refractivity contribution in [3.8, 4) is 5.75 Å². The van der Waals surface area contributed by atoms with E-state index in [1.54, 1.807) is 6.07 Å². The minimum atomic E-state index is -0.857. The summed E-state index contributed by atoms with van der Waals surface area (Å²) in [5.74, 6) is 0.605. The second-order valence-corrected chi connectivity index (χ2v) is 6.25. The van der Waals surface area contributed by atoms with Crippen LogP contribution in [-0.2, 0) is 0 Å². The standard InChI is InChI=1S/C19H16N2O3/c1-11-4-6-16-18(12(11)2)13(3)19(20-16)9-8-14-10-15(21(22)23)5-7-17(14)24-19/h4-10H,1-3H3. The smallest absolute Gasteiger partial charge is 0.270 e. The van der Waals surface area contributed by atoms with Gasteiger partial charge >= 0.3 is 0 Å². The van der Waals surface area contributed by atoms with Crippen molar-refractivity contribution >= 4 is 17.3 Å². The van der Waals surface area contributed by atoms with Gasteiger partial charge in [0.2, 0.25) is 5.72 Å². The van der Waals surface area contributed by atoms with Gasteiger partial charge in [-0.05, 0) is 56.2 Å². The molecule has 0 saturated carbocycles. The predicted octanol–water partition coefficient (Wildman–Crippen LogP) is 2.82. The Morgan fingerprint density at radius 2 is 1.96 bits per heavy atom. The van der Waals surface area contributed by atoms with Crippen molar-refractivity contribution < 1.29 is 9.66 Å². The molecule has 5 nitrogen and oxygen atoms in total. The van der Waals surface area contributed by atoms with Gasteiger partial charge in [-0.2, -0.15) is 0 Å². The maximum Gasteiger partial charge on any atom is 0.270 e. The second-order valence-electron chi connectivity index (χ2n) is 6.25. The summed E-state index contributed by atoms with van der Waals surface area (Å²) >= 11 is 0. The van der Waals surface area contributed by atoms with E-state index in [1.807, 2.05) is 25.1 Å². The summed E-state index contributed by atoms with van der Waals surface area (Å²) in [5.41, 5.74) is 3.36. The number of ether oxygens (including phenoxy) is 1. The number of hydrogen-bond acceptors (Lipinski definition) is 4. The summed E-state index contributed by atoms with van der Waals surface area (Å²) in [6, 6.07) is 8.69. The molecule has 0 saturated heterocycles. The third kappa shape index (κ3) is 1.91. The van der Waals surface area contributed by atoms with Crippen LogP contribution in [0.1, 0.15) is 23.6 Å². The van der Waals surface area contributed by atoms with Gasteiger partial charge in [0.1, 0.15) is 5.75 Å². The highest BCUT2D eigenvalue weighted by molar-refractivity contribution is 5.71.